The van der Waals surface area contributed by atoms with Crippen LogP contribution in [0.3, 0.4) is 0 Å². The van der Waals surface area contributed by atoms with Crippen molar-refractivity contribution in [2.45, 2.75) is 56.9 Å². The molecule has 1 aromatic carbocycles. The molecule has 1 saturated carbocycles. The fourth-order valence-corrected chi connectivity index (χ4v) is 4.10. The van der Waals surface area contributed by atoms with E-state index in [2.05, 4.69) is 15.6 Å². The standard InChI is InChI=1S/C21H25F3N4O2/c22-21(23,24)7-8-26-15-2-4-16(5-3-15)27-20(29)14-1-6-19-17(11-14)18-12-25-13-28(18)9-10-30-19/h1,6,11-13,15-16,26H,2-5,7-10H2,(H,27,29). The van der Waals surface area contributed by atoms with Crippen molar-refractivity contribution < 1.29 is 22.7 Å². The van der Waals surface area contributed by atoms with Gasteiger partial charge in [-0.15, -0.1) is 0 Å². The minimum atomic E-state index is -4.13. The van der Waals surface area contributed by atoms with E-state index in [4.69, 9.17) is 4.74 Å². The van der Waals surface area contributed by atoms with Crippen molar-refractivity contribution in [1.82, 2.24) is 20.2 Å². The summed E-state index contributed by atoms with van der Waals surface area (Å²) in [4.78, 5) is 17.0. The minimum absolute atomic E-state index is 0.0266. The number of nitrogens with one attached hydrogen (secondary N) is 2. The predicted octanol–water partition coefficient (Wildman–Crippen LogP) is 3.53. The first-order valence-corrected chi connectivity index (χ1v) is 10.3. The maximum absolute atomic E-state index is 12.8. The van der Waals surface area contributed by atoms with Gasteiger partial charge in [0.2, 0.25) is 0 Å². The van der Waals surface area contributed by atoms with E-state index in [9.17, 15) is 18.0 Å². The van der Waals surface area contributed by atoms with Gasteiger partial charge in [0, 0.05) is 29.8 Å². The molecule has 1 aliphatic heterocycles. The van der Waals surface area contributed by atoms with Crippen molar-refractivity contribution in [2.24, 2.45) is 0 Å². The van der Waals surface area contributed by atoms with Gasteiger partial charge in [-0.25, -0.2) is 4.98 Å². The highest BCUT2D eigenvalue weighted by Gasteiger charge is 2.28. The van der Waals surface area contributed by atoms with Crippen LogP contribution in [0.25, 0.3) is 11.3 Å². The Kier molecular flexibility index (Phi) is 5.99. The normalized spacial score (nSPS) is 21.2. The average molecular weight is 422 g/mol. The Labute approximate surface area is 172 Å². The molecular weight excluding hydrogens is 397 g/mol. The van der Waals surface area contributed by atoms with Crippen LogP contribution in [0.2, 0.25) is 0 Å². The number of carbonyl (C=O) groups excluding carboxylic acids is 1. The van der Waals surface area contributed by atoms with Crippen LogP contribution in [0.4, 0.5) is 13.2 Å². The molecule has 0 atom stereocenters. The molecule has 0 spiro atoms. The molecule has 6 nitrogen and oxygen atoms in total. The number of fused-ring (bicyclic) bond motifs is 3. The SMILES string of the molecule is O=C(NC1CCC(NCCC(F)(F)F)CC1)c1ccc2c(c1)-c1cncn1CCO2. The van der Waals surface area contributed by atoms with E-state index in [1.54, 1.807) is 18.6 Å². The number of halogens is 3. The maximum Gasteiger partial charge on any atom is 0.390 e. The Morgan fingerprint density at radius 3 is 2.73 bits per heavy atom. The zero-order valence-electron chi connectivity index (χ0n) is 16.5. The summed E-state index contributed by atoms with van der Waals surface area (Å²) in [5.74, 6) is 0.581. The number of hydrogen-bond acceptors (Lipinski definition) is 4. The monoisotopic (exact) mass is 422 g/mol. The molecule has 2 N–H and O–H groups in total. The highest BCUT2D eigenvalue weighted by atomic mass is 19.4. The molecule has 0 unspecified atom stereocenters. The molecule has 162 valence electrons. The molecule has 2 heterocycles. The van der Waals surface area contributed by atoms with Crippen molar-refractivity contribution in [3.63, 3.8) is 0 Å². The quantitative estimate of drug-likeness (QED) is 0.774. The Balaban J connectivity index is 1.33. The number of hydrogen-bond donors (Lipinski definition) is 2. The van der Waals surface area contributed by atoms with Crippen molar-refractivity contribution in [2.75, 3.05) is 13.2 Å². The summed E-state index contributed by atoms with van der Waals surface area (Å²) in [6.45, 7) is 1.19. The fraction of sp³-hybridized carbons (Fsp3) is 0.524. The third-order valence-electron chi connectivity index (χ3n) is 5.72. The molecule has 1 fully saturated rings. The lowest BCUT2D eigenvalue weighted by Gasteiger charge is -2.30. The van der Waals surface area contributed by atoms with E-state index in [1.165, 1.54) is 0 Å². The van der Waals surface area contributed by atoms with E-state index >= 15 is 0 Å². The van der Waals surface area contributed by atoms with Gasteiger partial charge in [-0.2, -0.15) is 13.2 Å². The molecule has 1 amide bonds. The Morgan fingerprint density at radius 1 is 1.20 bits per heavy atom. The average Bonchev–Trinajstić information content (AvgIpc) is 3.10. The third kappa shape index (κ3) is 4.95. The minimum Gasteiger partial charge on any atom is -0.491 e. The Morgan fingerprint density at radius 2 is 1.97 bits per heavy atom. The second-order valence-corrected chi connectivity index (χ2v) is 7.87. The summed E-state index contributed by atoms with van der Waals surface area (Å²) in [6.07, 6.45) is 1.57. The van der Waals surface area contributed by atoms with Crippen LogP contribution in [-0.2, 0) is 6.54 Å². The van der Waals surface area contributed by atoms with Crippen LogP contribution in [0.5, 0.6) is 5.75 Å². The number of rotatable bonds is 5. The summed E-state index contributed by atoms with van der Waals surface area (Å²) in [6, 6.07) is 5.50. The van der Waals surface area contributed by atoms with E-state index in [0.29, 0.717) is 18.7 Å². The largest absolute Gasteiger partial charge is 0.491 e. The number of alkyl halides is 3. The van der Waals surface area contributed by atoms with Crippen molar-refractivity contribution in [3.05, 3.63) is 36.3 Å². The second-order valence-electron chi connectivity index (χ2n) is 7.87. The van der Waals surface area contributed by atoms with Gasteiger partial charge < -0.3 is 19.9 Å². The molecule has 0 saturated heterocycles. The van der Waals surface area contributed by atoms with Crippen LogP contribution >= 0.6 is 0 Å². The maximum atomic E-state index is 12.8. The van der Waals surface area contributed by atoms with Gasteiger partial charge in [0.1, 0.15) is 12.4 Å². The van der Waals surface area contributed by atoms with Crippen LogP contribution in [0.15, 0.2) is 30.7 Å². The molecule has 0 radical (unpaired) electrons. The van der Waals surface area contributed by atoms with E-state index in [0.717, 1.165) is 42.7 Å². The topological polar surface area (TPSA) is 68.2 Å². The van der Waals surface area contributed by atoms with Crippen molar-refractivity contribution in [3.8, 4) is 17.0 Å². The lowest BCUT2D eigenvalue weighted by Crippen LogP contribution is -2.42. The summed E-state index contributed by atoms with van der Waals surface area (Å²) >= 11 is 0. The lowest BCUT2D eigenvalue weighted by atomic mass is 9.91. The number of benzene rings is 1. The Bertz CT molecular complexity index is 889. The van der Waals surface area contributed by atoms with Gasteiger partial charge in [-0.3, -0.25) is 4.79 Å². The molecule has 0 bridgehead atoms. The van der Waals surface area contributed by atoms with Gasteiger partial charge in [-0.1, -0.05) is 0 Å². The van der Waals surface area contributed by atoms with Crippen LogP contribution in [0.1, 0.15) is 42.5 Å². The summed E-state index contributed by atoms with van der Waals surface area (Å²) in [5.41, 5.74) is 2.32. The predicted molar refractivity (Wildman–Crippen MR) is 105 cm³/mol. The first-order chi connectivity index (χ1) is 14.4. The van der Waals surface area contributed by atoms with Crippen molar-refractivity contribution >= 4 is 5.91 Å². The van der Waals surface area contributed by atoms with Gasteiger partial charge in [-0.05, 0) is 43.9 Å². The number of imidazole rings is 1. The number of carbonyl (C=O) groups is 1. The van der Waals surface area contributed by atoms with Gasteiger partial charge >= 0.3 is 6.18 Å². The number of amides is 1. The number of nitrogens with zero attached hydrogens (tertiary/aromatic N) is 2. The number of ether oxygens (including phenoxy) is 1. The van der Waals surface area contributed by atoms with Crippen LogP contribution < -0.4 is 15.4 Å². The summed E-state index contributed by atoms with van der Waals surface area (Å²) in [5, 5.41) is 6.04. The molecular formula is C21H25F3N4O2. The molecule has 30 heavy (non-hydrogen) atoms. The number of aromatic nitrogens is 2. The first-order valence-electron chi connectivity index (χ1n) is 10.3. The zero-order chi connectivity index (χ0) is 21.1. The molecule has 4 rings (SSSR count). The Hall–Kier alpha value is -2.55. The van der Waals surface area contributed by atoms with Crippen LogP contribution in [0, 0.1) is 0 Å². The molecule has 9 heteroatoms. The first kappa shape index (κ1) is 20.7. The van der Waals surface area contributed by atoms with Crippen molar-refractivity contribution in [1.29, 1.82) is 0 Å². The van der Waals surface area contributed by atoms with E-state index in [1.807, 2.05) is 16.7 Å². The zero-order valence-corrected chi connectivity index (χ0v) is 16.5. The fourth-order valence-electron chi connectivity index (χ4n) is 4.10. The second kappa shape index (κ2) is 8.67. The van der Waals surface area contributed by atoms with Gasteiger partial charge in [0.15, 0.2) is 0 Å². The van der Waals surface area contributed by atoms with Gasteiger partial charge in [0.05, 0.1) is 31.2 Å². The molecule has 2 aliphatic rings. The van der Waals surface area contributed by atoms with Gasteiger partial charge in [0.25, 0.3) is 5.91 Å². The lowest BCUT2D eigenvalue weighted by molar-refractivity contribution is -0.133. The highest BCUT2D eigenvalue weighted by molar-refractivity contribution is 5.96. The summed E-state index contributed by atoms with van der Waals surface area (Å²) < 4.78 is 44.6. The summed E-state index contributed by atoms with van der Waals surface area (Å²) in [7, 11) is 0. The molecule has 1 aromatic heterocycles. The third-order valence-corrected chi connectivity index (χ3v) is 5.72. The molecule has 2 aromatic rings. The highest BCUT2D eigenvalue weighted by Crippen LogP contribution is 2.33. The van der Waals surface area contributed by atoms with Crippen LogP contribution in [-0.4, -0.2) is 46.9 Å². The smallest absolute Gasteiger partial charge is 0.390 e. The van der Waals surface area contributed by atoms with E-state index < -0.39 is 12.6 Å². The van der Waals surface area contributed by atoms with E-state index in [-0.39, 0.29) is 24.5 Å². The molecule has 1 aliphatic carbocycles.